The molecule has 1 nitrogen and oxygen atoms in total. The molecule has 0 aliphatic carbocycles. The molecule has 0 radical (unpaired) electrons. The second-order valence-corrected chi connectivity index (χ2v) is 4.47. The van der Waals surface area contributed by atoms with Crippen molar-refractivity contribution >= 4 is 10.9 Å². The monoisotopic (exact) mass is 422 g/mol. The second-order valence-electron chi connectivity index (χ2n) is 4.47. The number of rotatable bonds is 0. The summed E-state index contributed by atoms with van der Waals surface area (Å²) >= 11 is 0. The Kier molecular flexibility index (Phi) is 7.92. The summed E-state index contributed by atoms with van der Waals surface area (Å²) in [6.45, 7) is 6.68. The molecule has 1 heterocycles. The Morgan fingerprint density at radius 1 is 1.12 bits per heavy atom. The van der Waals surface area contributed by atoms with Crippen molar-refractivity contribution in [3.05, 3.63) is 36.0 Å². The van der Waals surface area contributed by atoms with Crippen LogP contribution in [0.1, 0.15) is 26.3 Å². The van der Waals surface area contributed by atoms with E-state index in [1.165, 1.54) is 10.9 Å². The Labute approximate surface area is 128 Å². The van der Waals surface area contributed by atoms with Crippen LogP contribution in [0.4, 0.5) is 0 Å². The Morgan fingerprint density at radius 3 is 2.31 bits per heavy atom. The van der Waals surface area contributed by atoms with Crippen LogP contribution in [0.25, 0.3) is 10.9 Å². The van der Waals surface area contributed by atoms with Gasteiger partial charge >= 0.3 is 0 Å². The van der Waals surface area contributed by atoms with E-state index in [2.05, 4.69) is 50.2 Å². The summed E-state index contributed by atoms with van der Waals surface area (Å²) in [5.41, 5.74) is 2.76. The van der Waals surface area contributed by atoms with Crippen LogP contribution in [-0.4, -0.2) is 4.98 Å². The molecule has 0 spiro atoms. The maximum absolute atomic E-state index is 3.07. The van der Waals surface area contributed by atoms with Gasteiger partial charge in [-0.2, -0.15) is 11.5 Å². The summed E-state index contributed by atoms with van der Waals surface area (Å²) in [6.07, 6.45) is 2.99. The number of fused-ring (bicyclic) bond motifs is 1. The van der Waals surface area contributed by atoms with Crippen LogP contribution >= 0.6 is 0 Å². The Morgan fingerprint density at radius 2 is 1.75 bits per heavy atom. The number of H-pyrrole nitrogens is 1. The van der Waals surface area contributed by atoms with Gasteiger partial charge in [-0.25, -0.2) is 0 Å². The number of nitrogens with one attached hydrogen (secondary N) is 1. The van der Waals surface area contributed by atoms with Gasteiger partial charge < -0.3 is 29.8 Å². The van der Waals surface area contributed by atoms with Gasteiger partial charge in [-0.1, -0.05) is 32.4 Å². The van der Waals surface area contributed by atoms with E-state index in [-0.39, 0.29) is 56.1 Å². The molecule has 0 amide bonds. The molecule has 0 aliphatic heterocycles. The van der Waals surface area contributed by atoms with Crippen molar-refractivity contribution in [2.75, 3.05) is 0 Å². The zero-order chi connectivity index (χ0) is 9.47. The van der Waals surface area contributed by atoms with Gasteiger partial charge in [-0.3, -0.25) is 0 Å². The SMILES string of the molecule is CC(C)(C)c1ccc2[nH][c-]cc2c1.[Cl-].[Cl-].[Hf]. The Balaban J connectivity index is 0. The number of aromatic amines is 1. The third-order valence-corrected chi connectivity index (χ3v) is 2.35. The summed E-state index contributed by atoms with van der Waals surface area (Å²) in [7, 11) is 0. The minimum absolute atomic E-state index is 0. The van der Waals surface area contributed by atoms with Crippen LogP contribution in [0.2, 0.25) is 0 Å². The smallest absolute Gasteiger partial charge is 0 e. The van der Waals surface area contributed by atoms with Gasteiger partial charge in [0.2, 0.25) is 0 Å². The standard InChI is InChI=1S/C12H14N.2ClH.Hf/c1-12(2,3)10-4-5-11-9(8-10)6-7-13-11;;;/h4-6,8,13H,1-3H3;2*1H;/q-1;;;/p-2. The van der Waals surface area contributed by atoms with E-state index in [4.69, 9.17) is 0 Å². The maximum atomic E-state index is 3.07. The van der Waals surface area contributed by atoms with Crippen LogP contribution in [-0.2, 0) is 31.3 Å². The first-order chi connectivity index (χ1) is 6.07. The number of hydrogen-bond acceptors (Lipinski definition) is 0. The molecule has 0 saturated heterocycles. The van der Waals surface area contributed by atoms with Crippen LogP contribution in [0.5, 0.6) is 0 Å². The van der Waals surface area contributed by atoms with Crippen LogP contribution in [0.3, 0.4) is 0 Å². The topological polar surface area (TPSA) is 15.8 Å². The molecule has 2 aromatic rings. The first kappa shape index (κ1) is 18.6. The van der Waals surface area contributed by atoms with Crippen LogP contribution in [0.15, 0.2) is 24.3 Å². The van der Waals surface area contributed by atoms with Gasteiger partial charge in [-0.05, 0) is 5.41 Å². The number of aromatic nitrogens is 1. The van der Waals surface area contributed by atoms with Crippen molar-refractivity contribution in [3.8, 4) is 0 Å². The first-order valence-electron chi connectivity index (χ1n) is 4.57. The van der Waals surface area contributed by atoms with E-state index >= 15 is 0 Å². The molecule has 0 saturated carbocycles. The van der Waals surface area contributed by atoms with Crippen molar-refractivity contribution in [2.45, 2.75) is 26.2 Å². The van der Waals surface area contributed by atoms with Gasteiger partial charge in [0.25, 0.3) is 0 Å². The average Bonchev–Trinajstić information content (AvgIpc) is 2.47. The van der Waals surface area contributed by atoms with Gasteiger partial charge in [0.15, 0.2) is 0 Å². The summed E-state index contributed by atoms with van der Waals surface area (Å²) in [6, 6.07) is 8.51. The predicted octanol–water partition coefficient (Wildman–Crippen LogP) is -2.73. The molecule has 1 aromatic heterocycles. The third kappa shape index (κ3) is 3.90. The van der Waals surface area contributed by atoms with Gasteiger partial charge in [-0.15, -0.1) is 23.8 Å². The molecule has 4 heteroatoms. The summed E-state index contributed by atoms with van der Waals surface area (Å²) in [4.78, 5) is 3.07. The van der Waals surface area contributed by atoms with E-state index in [0.717, 1.165) is 5.52 Å². The van der Waals surface area contributed by atoms with Crippen molar-refractivity contribution < 1.29 is 50.7 Å². The average molecular weight is 422 g/mol. The van der Waals surface area contributed by atoms with Crippen molar-refractivity contribution in [3.63, 3.8) is 0 Å². The number of hydrogen-bond donors (Lipinski definition) is 1. The minimum atomic E-state index is 0. The Bertz CT molecular complexity index is 432. The molecular formula is C12H14Cl2HfN-3. The van der Waals surface area contributed by atoms with Gasteiger partial charge in [0, 0.05) is 25.8 Å². The molecule has 1 N–H and O–H groups in total. The third-order valence-electron chi connectivity index (χ3n) is 2.35. The fraction of sp³-hybridized carbons (Fsp3) is 0.333. The molecule has 0 atom stereocenters. The van der Waals surface area contributed by atoms with E-state index in [0.29, 0.717) is 0 Å². The second kappa shape index (κ2) is 6.83. The van der Waals surface area contributed by atoms with Crippen LogP contribution in [0, 0.1) is 6.20 Å². The van der Waals surface area contributed by atoms with E-state index in [1.807, 2.05) is 6.07 Å². The molecule has 88 valence electrons. The molecule has 16 heavy (non-hydrogen) atoms. The van der Waals surface area contributed by atoms with Crippen LogP contribution < -0.4 is 24.8 Å². The normalized spacial score (nSPS) is 9.94. The van der Waals surface area contributed by atoms with Crippen molar-refractivity contribution in [2.24, 2.45) is 0 Å². The molecule has 1 aromatic carbocycles. The fourth-order valence-corrected chi connectivity index (χ4v) is 1.45. The van der Waals surface area contributed by atoms with Gasteiger partial charge in [0.1, 0.15) is 0 Å². The molecule has 0 unspecified atom stereocenters. The van der Waals surface area contributed by atoms with E-state index in [9.17, 15) is 0 Å². The summed E-state index contributed by atoms with van der Waals surface area (Å²) in [5, 5.41) is 1.24. The van der Waals surface area contributed by atoms with Gasteiger partial charge in [0.05, 0.1) is 0 Å². The fourth-order valence-electron chi connectivity index (χ4n) is 1.45. The molecule has 0 bridgehead atoms. The molecule has 0 fully saturated rings. The first-order valence-corrected chi connectivity index (χ1v) is 4.57. The zero-order valence-corrected chi connectivity index (χ0v) is 14.7. The minimum Gasteiger partial charge on any atom is -1.00 e. The number of halogens is 2. The van der Waals surface area contributed by atoms with Crippen molar-refractivity contribution in [1.82, 2.24) is 4.98 Å². The van der Waals surface area contributed by atoms with E-state index in [1.54, 1.807) is 0 Å². The Hall–Kier alpha value is 0.210. The van der Waals surface area contributed by atoms with Crippen molar-refractivity contribution in [1.29, 1.82) is 0 Å². The maximum Gasteiger partial charge on any atom is 0 e. The van der Waals surface area contributed by atoms with E-state index < -0.39 is 0 Å². The zero-order valence-electron chi connectivity index (χ0n) is 9.57. The summed E-state index contributed by atoms with van der Waals surface area (Å²) < 4.78 is 0. The molecular weight excluding hydrogens is 408 g/mol. The predicted molar refractivity (Wildman–Crippen MR) is 55.8 cm³/mol. The summed E-state index contributed by atoms with van der Waals surface area (Å²) in [5.74, 6) is 0. The largest absolute Gasteiger partial charge is 1.00 e. The molecule has 2 rings (SSSR count). The molecule has 0 aliphatic rings. The quantitative estimate of drug-likeness (QED) is 0.351. The number of benzene rings is 1.